The molecule has 7 nitrogen and oxygen atoms in total. The summed E-state index contributed by atoms with van der Waals surface area (Å²) in [5.41, 5.74) is 6.55. The van der Waals surface area contributed by atoms with Crippen LogP contribution in [-0.2, 0) is 12.6 Å². The number of aryl methyl sites for hydroxylation is 1. The van der Waals surface area contributed by atoms with E-state index in [9.17, 15) is 18.0 Å². The minimum Gasteiger partial charge on any atom is -0.439 e. The summed E-state index contributed by atoms with van der Waals surface area (Å²) in [5.74, 6) is 1.14. The van der Waals surface area contributed by atoms with Crippen molar-refractivity contribution in [1.29, 1.82) is 0 Å². The van der Waals surface area contributed by atoms with E-state index in [0.29, 0.717) is 30.3 Å². The van der Waals surface area contributed by atoms with Crippen LogP contribution in [0.15, 0.2) is 54.9 Å². The molecule has 4 rings (SSSR count). The highest BCUT2D eigenvalue weighted by Gasteiger charge is 2.34. The number of alkyl halides is 3. The summed E-state index contributed by atoms with van der Waals surface area (Å²) in [4.78, 5) is 23.7. The van der Waals surface area contributed by atoms with Crippen molar-refractivity contribution in [3.63, 3.8) is 0 Å². The van der Waals surface area contributed by atoms with Crippen LogP contribution in [0.3, 0.4) is 0 Å². The molecule has 10 heteroatoms. The van der Waals surface area contributed by atoms with Gasteiger partial charge in [-0.1, -0.05) is 13.0 Å². The molecule has 0 unspecified atom stereocenters. The summed E-state index contributed by atoms with van der Waals surface area (Å²) in [6.45, 7) is 2.57. The Morgan fingerprint density at radius 2 is 1.75 bits per heavy atom. The van der Waals surface area contributed by atoms with Crippen molar-refractivity contribution in [2.75, 3.05) is 28.6 Å². The first kappa shape index (κ1) is 21.4. The number of nitrogen functional groups attached to an aromatic ring is 1. The van der Waals surface area contributed by atoms with Crippen LogP contribution in [0.4, 0.5) is 35.2 Å². The van der Waals surface area contributed by atoms with Gasteiger partial charge in [-0.25, -0.2) is 14.8 Å². The average Bonchev–Trinajstić information content (AvgIpc) is 3.15. The van der Waals surface area contributed by atoms with Crippen LogP contribution < -0.4 is 20.3 Å². The largest absolute Gasteiger partial charge is 0.439 e. The summed E-state index contributed by atoms with van der Waals surface area (Å²) >= 11 is 0. The smallest absolute Gasteiger partial charge is 0.416 e. The summed E-state index contributed by atoms with van der Waals surface area (Å²) in [6.07, 6.45) is -2.54. The van der Waals surface area contributed by atoms with E-state index >= 15 is 0 Å². The molecule has 0 aliphatic carbocycles. The number of nitrogens with two attached hydrogens (primary N) is 1. The first-order chi connectivity index (χ1) is 15.3. The number of benzene rings is 2. The number of hydrogen-bond donors (Lipinski definition) is 1. The molecule has 0 radical (unpaired) electrons. The lowest BCUT2D eigenvalue weighted by Gasteiger charge is -2.21. The minimum absolute atomic E-state index is 0.212. The maximum Gasteiger partial charge on any atom is 0.416 e. The lowest BCUT2D eigenvalue weighted by Crippen LogP contribution is -2.31. The number of hydrogen-bond acceptors (Lipinski definition) is 5. The molecule has 2 N–H and O–H groups in total. The molecule has 1 aliphatic rings. The van der Waals surface area contributed by atoms with Crippen molar-refractivity contribution in [3.8, 4) is 11.6 Å². The van der Waals surface area contributed by atoms with Crippen molar-refractivity contribution in [2.45, 2.75) is 19.5 Å². The van der Waals surface area contributed by atoms with Gasteiger partial charge in [-0.2, -0.15) is 13.2 Å². The Labute approximate surface area is 182 Å². The van der Waals surface area contributed by atoms with Gasteiger partial charge < -0.3 is 10.5 Å². The molecule has 1 fully saturated rings. The Kier molecular flexibility index (Phi) is 5.60. The van der Waals surface area contributed by atoms with Gasteiger partial charge in [0, 0.05) is 30.5 Å². The van der Waals surface area contributed by atoms with Crippen molar-refractivity contribution in [2.24, 2.45) is 0 Å². The van der Waals surface area contributed by atoms with E-state index in [4.69, 9.17) is 10.5 Å². The van der Waals surface area contributed by atoms with Gasteiger partial charge in [-0.05, 0) is 48.4 Å². The van der Waals surface area contributed by atoms with Gasteiger partial charge >= 0.3 is 12.2 Å². The Hall–Kier alpha value is -3.82. The highest BCUT2D eigenvalue weighted by atomic mass is 19.4. The average molecular weight is 443 g/mol. The number of carbonyl (C=O) groups is 1. The van der Waals surface area contributed by atoms with E-state index in [2.05, 4.69) is 9.97 Å². The predicted molar refractivity (Wildman–Crippen MR) is 114 cm³/mol. The van der Waals surface area contributed by atoms with Crippen molar-refractivity contribution in [3.05, 3.63) is 66.0 Å². The number of urea groups is 1. The minimum atomic E-state index is -4.47. The molecule has 0 spiro atoms. The van der Waals surface area contributed by atoms with E-state index in [1.54, 1.807) is 12.1 Å². The molecule has 1 aliphatic heterocycles. The van der Waals surface area contributed by atoms with Crippen molar-refractivity contribution < 1.29 is 22.7 Å². The third kappa shape index (κ3) is 4.29. The molecule has 1 aromatic heterocycles. The second-order valence-electron chi connectivity index (χ2n) is 7.16. The molecular formula is C22H20F3N5O2. The van der Waals surface area contributed by atoms with Crippen LogP contribution >= 0.6 is 0 Å². The molecule has 1 saturated heterocycles. The summed E-state index contributed by atoms with van der Waals surface area (Å²) in [7, 11) is 0. The van der Waals surface area contributed by atoms with Gasteiger partial charge in [0.2, 0.25) is 5.88 Å². The fourth-order valence-corrected chi connectivity index (χ4v) is 3.50. The molecule has 0 bridgehead atoms. The molecule has 3 aromatic rings. The van der Waals surface area contributed by atoms with E-state index in [1.165, 1.54) is 34.3 Å². The number of amides is 2. The highest BCUT2D eigenvalue weighted by molar-refractivity contribution is 6.06. The van der Waals surface area contributed by atoms with Gasteiger partial charge in [0.05, 0.1) is 5.56 Å². The summed E-state index contributed by atoms with van der Waals surface area (Å²) < 4.78 is 45.0. The fourth-order valence-electron chi connectivity index (χ4n) is 3.50. The maximum atomic E-state index is 13.1. The zero-order valence-corrected chi connectivity index (χ0v) is 17.1. The van der Waals surface area contributed by atoms with Crippen LogP contribution in [0.5, 0.6) is 11.6 Å². The van der Waals surface area contributed by atoms with Gasteiger partial charge in [-0.15, -0.1) is 0 Å². The number of anilines is 3. The molecule has 2 heterocycles. The molecule has 32 heavy (non-hydrogen) atoms. The van der Waals surface area contributed by atoms with Gasteiger partial charge in [0.15, 0.2) is 0 Å². The Morgan fingerprint density at radius 3 is 2.41 bits per heavy atom. The Bertz CT molecular complexity index is 1150. The van der Waals surface area contributed by atoms with Crippen LogP contribution in [0.1, 0.15) is 18.1 Å². The second-order valence-corrected chi connectivity index (χ2v) is 7.16. The lowest BCUT2D eigenvalue weighted by atomic mass is 10.1. The van der Waals surface area contributed by atoms with Gasteiger partial charge in [-0.3, -0.25) is 9.80 Å². The second kappa shape index (κ2) is 8.37. The SMILES string of the molecule is CCc1cc(N2CCN(c3cccc(C(F)(F)F)c3)C2=O)ccc1Oc1cc(N)ncn1. The maximum absolute atomic E-state index is 13.1. The number of aromatic nitrogens is 2. The monoisotopic (exact) mass is 443 g/mol. The quantitative estimate of drug-likeness (QED) is 0.608. The van der Waals surface area contributed by atoms with Gasteiger partial charge in [0.25, 0.3) is 0 Å². The third-order valence-electron chi connectivity index (χ3n) is 5.11. The first-order valence-corrected chi connectivity index (χ1v) is 9.91. The third-order valence-corrected chi connectivity index (χ3v) is 5.11. The Morgan fingerprint density at radius 1 is 1.03 bits per heavy atom. The normalized spacial score (nSPS) is 14.2. The predicted octanol–water partition coefficient (Wildman–Crippen LogP) is 4.88. The van der Waals surface area contributed by atoms with E-state index in [0.717, 1.165) is 17.7 Å². The van der Waals surface area contributed by atoms with Gasteiger partial charge in [0.1, 0.15) is 17.9 Å². The van der Waals surface area contributed by atoms with E-state index in [-0.39, 0.29) is 24.1 Å². The van der Waals surface area contributed by atoms with Crippen LogP contribution in [-0.4, -0.2) is 29.1 Å². The highest BCUT2D eigenvalue weighted by Crippen LogP contribution is 2.34. The lowest BCUT2D eigenvalue weighted by molar-refractivity contribution is -0.137. The molecule has 166 valence electrons. The van der Waals surface area contributed by atoms with Crippen molar-refractivity contribution >= 4 is 23.2 Å². The molecule has 0 saturated carbocycles. The molecule has 0 atom stereocenters. The number of carbonyl (C=O) groups excluding carboxylic acids is 1. The number of ether oxygens (including phenoxy) is 1. The zero-order chi connectivity index (χ0) is 22.9. The first-order valence-electron chi connectivity index (χ1n) is 9.91. The zero-order valence-electron chi connectivity index (χ0n) is 17.1. The topological polar surface area (TPSA) is 84.6 Å². The summed E-state index contributed by atoms with van der Waals surface area (Å²) in [6, 6.07) is 11.2. The molecule has 2 aromatic carbocycles. The van der Waals surface area contributed by atoms with E-state index < -0.39 is 11.7 Å². The number of halogens is 3. The van der Waals surface area contributed by atoms with Crippen LogP contribution in [0, 0.1) is 0 Å². The molecule has 2 amide bonds. The Balaban J connectivity index is 1.56. The van der Waals surface area contributed by atoms with Crippen LogP contribution in [0.2, 0.25) is 0 Å². The summed E-state index contributed by atoms with van der Waals surface area (Å²) in [5, 5.41) is 0. The molecular weight excluding hydrogens is 423 g/mol. The standard InChI is InChI=1S/C22H20F3N5O2/c1-2-14-10-17(6-7-18(14)32-20-12-19(26)27-13-28-20)30-9-8-29(21(30)31)16-5-3-4-15(11-16)22(23,24)25/h3-7,10-13H,2,8-9H2,1H3,(H2,26,27,28). The van der Waals surface area contributed by atoms with Crippen LogP contribution in [0.25, 0.3) is 0 Å². The van der Waals surface area contributed by atoms with Crippen molar-refractivity contribution in [1.82, 2.24) is 9.97 Å². The number of nitrogens with zero attached hydrogens (tertiary/aromatic N) is 4. The fraction of sp³-hybridized carbons (Fsp3) is 0.227. The van der Waals surface area contributed by atoms with E-state index in [1.807, 2.05) is 13.0 Å². The number of rotatable bonds is 5.